The number of unbranched alkanes of at least 4 members (excludes halogenated alkanes) is 1. The molecule has 0 bridgehead atoms. The molecule has 0 aliphatic heterocycles. The number of benzene rings is 1. The number of methoxy groups -OCH3 is 1. The van der Waals surface area contributed by atoms with E-state index in [0.29, 0.717) is 18.8 Å². The summed E-state index contributed by atoms with van der Waals surface area (Å²) in [6.07, 6.45) is 3.08. The average molecular weight is 349 g/mol. The summed E-state index contributed by atoms with van der Waals surface area (Å²) in [6, 6.07) is 11.2. The maximum atomic E-state index is 11.8. The Kier molecular flexibility index (Phi) is 6.43. The van der Waals surface area contributed by atoms with Crippen LogP contribution in [0.4, 0.5) is 11.5 Å². The van der Waals surface area contributed by atoms with Gasteiger partial charge in [0.2, 0.25) is 10.0 Å². The van der Waals surface area contributed by atoms with Crippen LogP contribution in [-0.2, 0) is 16.6 Å². The Hall–Kier alpha value is -2.28. The quantitative estimate of drug-likeness (QED) is 0.726. The maximum Gasteiger partial charge on any atom is 0.233 e. The Labute approximate surface area is 143 Å². The molecule has 0 radical (unpaired) electrons. The molecule has 0 spiro atoms. The van der Waals surface area contributed by atoms with E-state index in [9.17, 15) is 8.42 Å². The van der Waals surface area contributed by atoms with E-state index in [-0.39, 0.29) is 5.75 Å². The fraction of sp³-hybridized carbons (Fsp3) is 0.353. The molecule has 2 N–H and O–H groups in total. The highest BCUT2D eigenvalue weighted by molar-refractivity contribution is 7.92. The molecule has 0 saturated carbocycles. The molecule has 1 aromatic heterocycles. The van der Waals surface area contributed by atoms with Crippen molar-refractivity contribution < 1.29 is 13.2 Å². The number of hydrogen-bond acceptors (Lipinski definition) is 5. The second kappa shape index (κ2) is 8.54. The summed E-state index contributed by atoms with van der Waals surface area (Å²) in [6.45, 7) is 2.60. The van der Waals surface area contributed by atoms with Gasteiger partial charge in [-0.25, -0.2) is 13.4 Å². The van der Waals surface area contributed by atoms with Crippen molar-refractivity contribution in [3.63, 3.8) is 0 Å². The van der Waals surface area contributed by atoms with E-state index in [1.54, 1.807) is 25.4 Å². The van der Waals surface area contributed by atoms with Crippen LogP contribution in [0.15, 0.2) is 42.6 Å². The fourth-order valence-corrected chi connectivity index (χ4v) is 3.26. The van der Waals surface area contributed by atoms with Gasteiger partial charge in [-0.2, -0.15) is 0 Å². The third-order valence-electron chi connectivity index (χ3n) is 3.45. The predicted octanol–water partition coefficient (Wildman–Crippen LogP) is 3.24. The van der Waals surface area contributed by atoms with Gasteiger partial charge in [-0.15, -0.1) is 0 Å². The number of rotatable bonds is 9. The summed E-state index contributed by atoms with van der Waals surface area (Å²) in [4.78, 5) is 4.14. The van der Waals surface area contributed by atoms with Crippen molar-refractivity contribution in [3.8, 4) is 5.75 Å². The van der Waals surface area contributed by atoms with Crippen molar-refractivity contribution in [2.45, 2.75) is 26.3 Å². The molecule has 0 amide bonds. The number of nitrogens with one attached hydrogen (secondary N) is 2. The van der Waals surface area contributed by atoms with Crippen molar-refractivity contribution >= 4 is 21.5 Å². The lowest BCUT2D eigenvalue weighted by Gasteiger charge is -2.09. The molecule has 2 rings (SSSR count). The zero-order valence-electron chi connectivity index (χ0n) is 14.0. The average Bonchev–Trinajstić information content (AvgIpc) is 2.59. The van der Waals surface area contributed by atoms with Crippen LogP contribution in [0.1, 0.15) is 25.3 Å². The van der Waals surface area contributed by atoms with Gasteiger partial charge >= 0.3 is 0 Å². The van der Waals surface area contributed by atoms with E-state index < -0.39 is 10.0 Å². The summed E-state index contributed by atoms with van der Waals surface area (Å²) in [5.41, 5.74) is 1.93. The van der Waals surface area contributed by atoms with Crippen LogP contribution < -0.4 is 14.8 Å². The van der Waals surface area contributed by atoms with Crippen molar-refractivity contribution in [3.05, 3.63) is 48.2 Å². The van der Waals surface area contributed by atoms with Crippen LogP contribution in [0.2, 0.25) is 0 Å². The first kappa shape index (κ1) is 18.1. The van der Waals surface area contributed by atoms with Gasteiger partial charge in [0.1, 0.15) is 11.6 Å². The van der Waals surface area contributed by atoms with Crippen LogP contribution in [0.25, 0.3) is 0 Å². The zero-order chi connectivity index (χ0) is 17.4. The van der Waals surface area contributed by atoms with E-state index in [2.05, 4.69) is 15.0 Å². The monoisotopic (exact) mass is 349 g/mol. The fourth-order valence-electron chi connectivity index (χ4n) is 2.05. The van der Waals surface area contributed by atoms with Crippen LogP contribution in [0, 0.1) is 0 Å². The van der Waals surface area contributed by atoms with E-state index >= 15 is 0 Å². The number of sulfonamides is 1. The molecule has 0 saturated heterocycles. The normalized spacial score (nSPS) is 11.1. The topological polar surface area (TPSA) is 80.3 Å². The standard InChI is InChI=1S/C17H23N3O3S/c1-3-4-11-24(21,22)20-17-10-7-15(13-19-17)18-12-14-5-8-16(23-2)9-6-14/h5-10,13,18H,3-4,11-12H2,1-2H3,(H,19,20). The summed E-state index contributed by atoms with van der Waals surface area (Å²) in [5.74, 6) is 1.27. The number of nitrogens with zero attached hydrogens (tertiary/aromatic N) is 1. The first-order chi connectivity index (χ1) is 11.5. The third-order valence-corrected chi connectivity index (χ3v) is 4.79. The summed E-state index contributed by atoms with van der Waals surface area (Å²) >= 11 is 0. The molecule has 6 nitrogen and oxygen atoms in total. The van der Waals surface area contributed by atoms with Gasteiger partial charge in [-0.3, -0.25) is 4.72 Å². The Bertz CT molecular complexity index is 729. The molecular formula is C17H23N3O3S. The Morgan fingerprint density at radius 2 is 1.88 bits per heavy atom. The lowest BCUT2D eigenvalue weighted by molar-refractivity contribution is 0.414. The number of pyridine rings is 1. The van der Waals surface area contributed by atoms with Gasteiger partial charge in [0.05, 0.1) is 24.7 Å². The van der Waals surface area contributed by atoms with Gasteiger partial charge in [0.25, 0.3) is 0 Å². The van der Waals surface area contributed by atoms with Crippen LogP contribution in [0.3, 0.4) is 0 Å². The summed E-state index contributed by atoms with van der Waals surface area (Å²) < 4.78 is 31.3. The van der Waals surface area contributed by atoms with E-state index in [4.69, 9.17) is 4.74 Å². The van der Waals surface area contributed by atoms with Crippen molar-refractivity contribution in [2.75, 3.05) is 22.9 Å². The largest absolute Gasteiger partial charge is 0.497 e. The van der Waals surface area contributed by atoms with Crippen molar-refractivity contribution in [1.29, 1.82) is 0 Å². The highest BCUT2D eigenvalue weighted by atomic mass is 32.2. The number of hydrogen-bond donors (Lipinski definition) is 2. The molecule has 1 aromatic carbocycles. The Morgan fingerprint density at radius 1 is 1.12 bits per heavy atom. The lowest BCUT2D eigenvalue weighted by atomic mass is 10.2. The Morgan fingerprint density at radius 3 is 2.46 bits per heavy atom. The van der Waals surface area contributed by atoms with Crippen molar-refractivity contribution in [1.82, 2.24) is 4.98 Å². The van der Waals surface area contributed by atoms with Gasteiger partial charge in [0.15, 0.2) is 0 Å². The second-order valence-electron chi connectivity index (χ2n) is 5.41. The molecule has 7 heteroatoms. The minimum atomic E-state index is -3.32. The number of anilines is 2. The molecule has 0 aliphatic rings. The van der Waals surface area contributed by atoms with Gasteiger partial charge in [-0.1, -0.05) is 25.5 Å². The molecular weight excluding hydrogens is 326 g/mol. The van der Waals surface area contributed by atoms with Gasteiger partial charge in [-0.05, 0) is 36.2 Å². The van der Waals surface area contributed by atoms with Crippen LogP contribution in [-0.4, -0.2) is 26.3 Å². The molecule has 2 aromatic rings. The maximum absolute atomic E-state index is 11.8. The molecule has 1 heterocycles. The summed E-state index contributed by atoms with van der Waals surface area (Å²) in [7, 11) is -1.68. The second-order valence-corrected chi connectivity index (χ2v) is 7.25. The van der Waals surface area contributed by atoms with Crippen LogP contribution in [0.5, 0.6) is 5.75 Å². The zero-order valence-corrected chi connectivity index (χ0v) is 14.8. The molecule has 24 heavy (non-hydrogen) atoms. The number of ether oxygens (including phenoxy) is 1. The van der Waals surface area contributed by atoms with Crippen molar-refractivity contribution in [2.24, 2.45) is 0 Å². The van der Waals surface area contributed by atoms with Gasteiger partial charge < -0.3 is 10.1 Å². The van der Waals surface area contributed by atoms with Crippen LogP contribution >= 0.6 is 0 Å². The smallest absolute Gasteiger partial charge is 0.233 e. The highest BCUT2D eigenvalue weighted by Gasteiger charge is 2.10. The minimum Gasteiger partial charge on any atom is -0.497 e. The number of aromatic nitrogens is 1. The predicted molar refractivity (Wildman–Crippen MR) is 96.9 cm³/mol. The highest BCUT2D eigenvalue weighted by Crippen LogP contribution is 2.15. The first-order valence-corrected chi connectivity index (χ1v) is 9.51. The van der Waals surface area contributed by atoms with Gasteiger partial charge in [0, 0.05) is 6.54 Å². The molecule has 0 aliphatic carbocycles. The third kappa shape index (κ3) is 5.73. The molecule has 0 unspecified atom stereocenters. The van der Waals surface area contributed by atoms with E-state index in [0.717, 1.165) is 23.4 Å². The molecule has 130 valence electrons. The SMILES string of the molecule is CCCCS(=O)(=O)Nc1ccc(NCc2ccc(OC)cc2)cn1. The Balaban J connectivity index is 1.89. The summed E-state index contributed by atoms with van der Waals surface area (Å²) in [5, 5.41) is 3.24. The first-order valence-electron chi connectivity index (χ1n) is 7.86. The van der Waals surface area contributed by atoms with E-state index in [1.165, 1.54) is 0 Å². The molecule has 0 fully saturated rings. The minimum absolute atomic E-state index is 0.114. The molecule has 0 atom stereocenters. The lowest BCUT2D eigenvalue weighted by Crippen LogP contribution is -2.17. The van der Waals surface area contributed by atoms with E-state index in [1.807, 2.05) is 31.2 Å².